The van der Waals surface area contributed by atoms with Gasteiger partial charge in [0, 0.05) is 45.7 Å². The van der Waals surface area contributed by atoms with Crippen molar-refractivity contribution in [3.63, 3.8) is 0 Å². The van der Waals surface area contributed by atoms with Crippen molar-refractivity contribution in [3.05, 3.63) is 48.6 Å². The van der Waals surface area contributed by atoms with E-state index in [1.165, 1.54) is 10.6 Å². The Morgan fingerprint density at radius 2 is 1.53 bits per heavy atom. The Balaban J connectivity index is 2.05. The number of aromatic nitrogens is 2. The maximum Gasteiger partial charge on any atom is 0.272 e. The lowest BCUT2D eigenvalue weighted by molar-refractivity contribution is -0.115. The topological polar surface area (TPSA) is 131 Å². The van der Waals surface area contributed by atoms with Crippen molar-refractivity contribution in [1.82, 2.24) is 14.5 Å². The van der Waals surface area contributed by atoms with Gasteiger partial charge in [0.2, 0.25) is 5.91 Å². The lowest BCUT2D eigenvalue weighted by Crippen LogP contribution is -2.25. The molecule has 0 radical (unpaired) electrons. The van der Waals surface area contributed by atoms with E-state index in [9.17, 15) is 22.8 Å². The van der Waals surface area contributed by atoms with Gasteiger partial charge in [-0.1, -0.05) is 6.08 Å². The fraction of sp³-hybridized carbons (Fsp3) is 0.316. The zero-order valence-corrected chi connectivity index (χ0v) is 17.9. The molecule has 3 amide bonds. The summed E-state index contributed by atoms with van der Waals surface area (Å²) in [4.78, 5) is 36.6. The molecule has 2 heterocycles. The Morgan fingerprint density at radius 3 is 2.07 bits per heavy atom. The number of sulfone groups is 1. The number of rotatable bonds is 9. The highest BCUT2D eigenvalue weighted by atomic mass is 32.2. The highest BCUT2D eigenvalue weighted by Crippen LogP contribution is 2.17. The van der Waals surface area contributed by atoms with Crippen molar-refractivity contribution in [3.8, 4) is 0 Å². The number of aryl methyl sites for hydroxylation is 2. The van der Waals surface area contributed by atoms with Crippen LogP contribution in [0.4, 0.5) is 11.4 Å². The second kappa shape index (κ2) is 9.44. The molecule has 162 valence electrons. The second-order valence-electron chi connectivity index (χ2n) is 6.83. The minimum absolute atomic E-state index is 0.171. The lowest BCUT2D eigenvalue weighted by Gasteiger charge is -2.03. The monoisotopic (exact) mass is 435 g/mol. The van der Waals surface area contributed by atoms with Crippen molar-refractivity contribution >= 4 is 38.9 Å². The van der Waals surface area contributed by atoms with Gasteiger partial charge in [0.25, 0.3) is 11.8 Å². The van der Waals surface area contributed by atoms with E-state index >= 15 is 0 Å². The zero-order valence-electron chi connectivity index (χ0n) is 17.1. The molecule has 0 spiro atoms. The number of nitrogens with one attached hydrogen (secondary N) is 3. The van der Waals surface area contributed by atoms with Crippen LogP contribution >= 0.6 is 0 Å². The molecule has 2 rings (SSSR count). The Morgan fingerprint density at radius 1 is 1.00 bits per heavy atom. The Labute approximate surface area is 174 Å². The van der Waals surface area contributed by atoms with Gasteiger partial charge in [-0.05, 0) is 12.1 Å². The summed E-state index contributed by atoms with van der Waals surface area (Å²) in [6.45, 7) is 3.87. The predicted octanol–water partition coefficient (Wildman–Crippen LogP) is 0.905. The van der Waals surface area contributed by atoms with Crippen LogP contribution in [0, 0.1) is 0 Å². The van der Waals surface area contributed by atoms with Gasteiger partial charge in [-0.25, -0.2) is 8.42 Å². The first-order valence-electron chi connectivity index (χ1n) is 9.01. The van der Waals surface area contributed by atoms with Crippen molar-refractivity contribution in [2.75, 3.05) is 29.2 Å². The highest BCUT2D eigenvalue weighted by Gasteiger charge is 2.17. The molecule has 0 fully saturated rings. The summed E-state index contributed by atoms with van der Waals surface area (Å²) >= 11 is 0. The van der Waals surface area contributed by atoms with Gasteiger partial charge in [0.1, 0.15) is 21.2 Å². The van der Waals surface area contributed by atoms with Gasteiger partial charge in [0.15, 0.2) is 0 Å². The molecular formula is C19H25N5O5S. The average molecular weight is 436 g/mol. The third-order valence-electron chi connectivity index (χ3n) is 4.12. The smallest absolute Gasteiger partial charge is 0.272 e. The molecule has 0 atom stereocenters. The van der Waals surface area contributed by atoms with E-state index in [0.29, 0.717) is 23.6 Å². The summed E-state index contributed by atoms with van der Waals surface area (Å²) in [6.07, 6.45) is 5.61. The standard InChI is InChI=1S/C19H25N5O5S/c1-5-7-20-18(26)15-10-14(12-23(15)2)22-19(27)16-9-13(11-24(16)3)21-17(25)6-8-30(4,28)29/h5,9-12H,1,6-8H2,2-4H3,(H,20,26)(H,21,25)(H,22,27). The number of hydrogen-bond donors (Lipinski definition) is 3. The predicted molar refractivity (Wildman–Crippen MR) is 114 cm³/mol. The summed E-state index contributed by atoms with van der Waals surface area (Å²) in [5.41, 5.74) is 1.46. The average Bonchev–Trinajstić information content (AvgIpc) is 3.19. The zero-order chi connectivity index (χ0) is 22.5. The van der Waals surface area contributed by atoms with Crippen LogP contribution in [0.15, 0.2) is 37.2 Å². The molecule has 2 aromatic heterocycles. The molecule has 2 aromatic rings. The van der Waals surface area contributed by atoms with E-state index in [1.54, 1.807) is 43.2 Å². The van der Waals surface area contributed by atoms with Crippen LogP contribution in [0.1, 0.15) is 27.4 Å². The molecule has 3 N–H and O–H groups in total. The molecule has 30 heavy (non-hydrogen) atoms. The largest absolute Gasteiger partial charge is 0.347 e. The first-order valence-corrected chi connectivity index (χ1v) is 11.1. The molecule has 0 aromatic carbocycles. The summed E-state index contributed by atoms with van der Waals surface area (Å²) in [5, 5.41) is 7.95. The van der Waals surface area contributed by atoms with Crippen LogP contribution in [-0.2, 0) is 28.7 Å². The normalized spacial score (nSPS) is 11.0. The molecule has 0 saturated carbocycles. The van der Waals surface area contributed by atoms with Crippen LogP contribution in [0.2, 0.25) is 0 Å². The van der Waals surface area contributed by atoms with E-state index in [-0.39, 0.29) is 23.8 Å². The van der Waals surface area contributed by atoms with Gasteiger partial charge in [0.05, 0.1) is 17.1 Å². The molecule has 0 bridgehead atoms. The van der Waals surface area contributed by atoms with Gasteiger partial charge < -0.3 is 25.1 Å². The quantitative estimate of drug-likeness (QED) is 0.504. The minimum Gasteiger partial charge on any atom is -0.347 e. The van der Waals surface area contributed by atoms with Crippen molar-refractivity contribution < 1.29 is 22.8 Å². The molecule has 0 saturated heterocycles. The van der Waals surface area contributed by atoms with Gasteiger partial charge in [-0.3, -0.25) is 14.4 Å². The van der Waals surface area contributed by atoms with Crippen molar-refractivity contribution in [2.45, 2.75) is 6.42 Å². The molecule has 0 aliphatic carbocycles. The SMILES string of the molecule is C=CCNC(=O)c1cc(NC(=O)c2cc(NC(=O)CCS(C)(=O)=O)cn2C)cn1C. The fourth-order valence-corrected chi connectivity index (χ4v) is 3.23. The summed E-state index contributed by atoms with van der Waals surface area (Å²) in [7, 11) is 0.0838. The molecular weight excluding hydrogens is 410 g/mol. The second-order valence-corrected chi connectivity index (χ2v) is 9.09. The van der Waals surface area contributed by atoms with E-state index in [2.05, 4.69) is 22.5 Å². The summed E-state index contributed by atoms with van der Waals surface area (Å²) < 4.78 is 25.4. The van der Waals surface area contributed by atoms with Crippen molar-refractivity contribution in [1.29, 1.82) is 0 Å². The summed E-state index contributed by atoms with van der Waals surface area (Å²) in [5.74, 6) is -1.44. The first-order chi connectivity index (χ1) is 14.0. The highest BCUT2D eigenvalue weighted by molar-refractivity contribution is 7.90. The van der Waals surface area contributed by atoms with Crippen LogP contribution in [0.5, 0.6) is 0 Å². The summed E-state index contributed by atoms with van der Waals surface area (Å²) in [6, 6.07) is 3.03. The molecule has 10 nitrogen and oxygen atoms in total. The van der Waals surface area contributed by atoms with Crippen LogP contribution in [0.25, 0.3) is 0 Å². The Hall–Kier alpha value is -3.34. The number of carbonyl (C=O) groups is 3. The lowest BCUT2D eigenvalue weighted by atomic mass is 10.3. The van der Waals surface area contributed by atoms with Crippen LogP contribution in [-0.4, -0.2) is 53.8 Å². The molecule has 0 unspecified atom stereocenters. The molecule has 11 heteroatoms. The third-order valence-corrected chi connectivity index (χ3v) is 5.07. The number of hydrogen-bond acceptors (Lipinski definition) is 5. The maximum absolute atomic E-state index is 12.6. The Bertz CT molecular complexity index is 1080. The fourth-order valence-electron chi connectivity index (χ4n) is 2.67. The van der Waals surface area contributed by atoms with E-state index in [0.717, 1.165) is 6.26 Å². The van der Waals surface area contributed by atoms with Crippen LogP contribution in [0.3, 0.4) is 0 Å². The van der Waals surface area contributed by atoms with E-state index in [1.807, 2.05) is 0 Å². The molecule has 0 aliphatic rings. The third kappa shape index (κ3) is 6.34. The minimum atomic E-state index is -3.24. The number of carbonyl (C=O) groups excluding carboxylic acids is 3. The van der Waals surface area contributed by atoms with Gasteiger partial charge in [-0.15, -0.1) is 6.58 Å². The van der Waals surface area contributed by atoms with E-state index < -0.39 is 21.7 Å². The Kier molecular flexibility index (Phi) is 7.22. The van der Waals surface area contributed by atoms with Crippen LogP contribution < -0.4 is 16.0 Å². The first kappa shape index (κ1) is 22.9. The molecule has 0 aliphatic heterocycles. The maximum atomic E-state index is 12.6. The van der Waals surface area contributed by atoms with Crippen molar-refractivity contribution in [2.24, 2.45) is 14.1 Å². The van der Waals surface area contributed by atoms with E-state index in [4.69, 9.17) is 0 Å². The van der Waals surface area contributed by atoms with Gasteiger partial charge in [-0.2, -0.15) is 0 Å². The number of nitrogens with zero attached hydrogens (tertiary/aromatic N) is 2. The number of amides is 3. The van der Waals surface area contributed by atoms with Gasteiger partial charge >= 0.3 is 0 Å². The number of anilines is 2.